The molecule has 8 nitrogen and oxygen atoms in total. The van der Waals surface area contributed by atoms with Crippen molar-refractivity contribution in [3.8, 4) is 11.5 Å². The summed E-state index contributed by atoms with van der Waals surface area (Å²) in [6.45, 7) is 1.88. The standard InChI is InChI=1S/C18H21N5O3/c1-19-18(22-8-7-21-17(24)14-3-2-6-20-11-14)23-10-13-4-5-15-16(9-13)26-12-25-15/h2-6,9,11H,7-8,10,12H2,1H3,(H,21,24)(H2,19,22,23). The van der Waals surface area contributed by atoms with E-state index in [2.05, 4.69) is 25.9 Å². The minimum atomic E-state index is -0.150. The number of guanidine groups is 1. The molecule has 0 spiro atoms. The first kappa shape index (κ1) is 17.5. The molecule has 0 fully saturated rings. The molecule has 136 valence electrons. The Kier molecular flexibility index (Phi) is 5.87. The predicted octanol–water partition coefficient (Wildman–Crippen LogP) is 0.905. The zero-order valence-electron chi connectivity index (χ0n) is 14.5. The number of nitrogens with zero attached hydrogens (tertiary/aromatic N) is 2. The van der Waals surface area contributed by atoms with Gasteiger partial charge in [0, 0.05) is 39.1 Å². The Morgan fingerprint density at radius 1 is 1.15 bits per heavy atom. The zero-order chi connectivity index (χ0) is 18.2. The predicted molar refractivity (Wildman–Crippen MR) is 97.3 cm³/mol. The topological polar surface area (TPSA) is 96.9 Å². The molecule has 1 aliphatic heterocycles. The van der Waals surface area contributed by atoms with Crippen LogP contribution >= 0.6 is 0 Å². The largest absolute Gasteiger partial charge is 0.454 e. The van der Waals surface area contributed by atoms with E-state index in [4.69, 9.17) is 9.47 Å². The number of ether oxygens (including phenoxy) is 2. The lowest BCUT2D eigenvalue weighted by molar-refractivity contribution is 0.0954. The second-order valence-corrected chi connectivity index (χ2v) is 5.54. The van der Waals surface area contributed by atoms with Gasteiger partial charge in [-0.2, -0.15) is 0 Å². The third-order valence-corrected chi connectivity index (χ3v) is 3.75. The number of amides is 1. The van der Waals surface area contributed by atoms with Crippen molar-refractivity contribution in [2.75, 3.05) is 26.9 Å². The van der Waals surface area contributed by atoms with Gasteiger partial charge in [-0.3, -0.25) is 14.8 Å². The van der Waals surface area contributed by atoms with Crippen molar-refractivity contribution in [1.29, 1.82) is 0 Å². The van der Waals surface area contributed by atoms with Gasteiger partial charge in [0.15, 0.2) is 17.5 Å². The molecule has 0 atom stereocenters. The van der Waals surface area contributed by atoms with E-state index >= 15 is 0 Å². The molecule has 1 amide bonds. The number of nitrogens with one attached hydrogen (secondary N) is 3. The van der Waals surface area contributed by atoms with E-state index in [9.17, 15) is 4.79 Å². The Morgan fingerprint density at radius 3 is 2.81 bits per heavy atom. The van der Waals surface area contributed by atoms with Gasteiger partial charge < -0.3 is 25.4 Å². The molecule has 26 heavy (non-hydrogen) atoms. The summed E-state index contributed by atoms with van der Waals surface area (Å²) >= 11 is 0. The quantitative estimate of drug-likeness (QED) is 0.405. The summed E-state index contributed by atoms with van der Waals surface area (Å²) in [5.74, 6) is 2.02. The van der Waals surface area contributed by atoms with Crippen LogP contribution in [0.25, 0.3) is 0 Å². The Balaban J connectivity index is 1.39. The van der Waals surface area contributed by atoms with E-state index < -0.39 is 0 Å². The molecule has 0 aliphatic carbocycles. The van der Waals surface area contributed by atoms with Gasteiger partial charge >= 0.3 is 0 Å². The highest BCUT2D eigenvalue weighted by atomic mass is 16.7. The van der Waals surface area contributed by atoms with Crippen LogP contribution in [0.4, 0.5) is 0 Å². The van der Waals surface area contributed by atoms with Crippen LogP contribution in [-0.2, 0) is 6.54 Å². The highest BCUT2D eigenvalue weighted by molar-refractivity contribution is 5.93. The van der Waals surface area contributed by atoms with Gasteiger partial charge in [-0.1, -0.05) is 6.07 Å². The maximum Gasteiger partial charge on any atom is 0.252 e. The molecular weight excluding hydrogens is 334 g/mol. The molecule has 0 unspecified atom stereocenters. The Labute approximate surface area is 151 Å². The van der Waals surface area contributed by atoms with Crippen LogP contribution < -0.4 is 25.4 Å². The zero-order valence-corrected chi connectivity index (χ0v) is 14.5. The van der Waals surface area contributed by atoms with E-state index in [0.717, 1.165) is 17.1 Å². The molecule has 0 radical (unpaired) electrons. The third kappa shape index (κ3) is 4.62. The fraction of sp³-hybridized carbons (Fsp3) is 0.278. The first-order chi connectivity index (χ1) is 12.8. The number of carbonyl (C=O) groups is 1. The van der Waals surface area contributed by atoms with Crippen molar-refractivity contribution in [3.63, 3.8) is 0 Å². The summed E-state index contributed by atoms with van der Waals surface area (Å²) in [7, 11) is 1.70. The van der Waals surface area contributed by atoms with Crippen LogP contribution in [0.15, 0.2) is 47.7 Å². The number of pyridine rings is 1. The SMILES string of the molecule is CN=C(NCCNC(=O)c1cccnc1)NCc1ccc2c(c1)OCO2. The minimum Gasteiger partial charge on any atom is -0.454 e. The molecule has 2 heterocycles. The normalized spacial score (nSPS) is 12.6. The number of fused-ring (bicyclic) bond motifs is 1. The van der Waals surface area contributed by atoms with Gasteiger partial charge in [-0.15, -0.1) is 0 Å². The average Bonchev–Trinajstić information content (AvgIpc) is 3.15. The maximum absolute atomic E-state index is 11.9. The number of benzene rings is 1. The molecule has 1 aliphatic rings. The maximum atomic E-state index is 11.9. The Bertz CT molecular complexity index is 780. The van der Waals surface area contributed by atoms with Crippen molar-refractivity contribution >= 4 is 11.9 Å². The van der Waals surface area contributed by atoms with E-state index in [1.165, 1.54) is 6.20 Å². The monoisotopic (exact) mass is 355 g/mol. The number of carbonyl (C=O) groups excluding carboxylic acids is 1. The molecule has 0 bridgehead atoms. The van der Waals surface area contributed by atoms with E-state index in [-0.39, 0.29) is 12.7 Å². The molecule has 0 saturated heterocycles. The fourth-order valence-corrected chi connectivity index (χ4v) is 2.41. The Morgan fingerprint density at radius 2 is 2.00 bits per heavy atom. The van der Waals surface area contributed by atoms with Crippen LogP contribution in [0.5, 0.6) is 11.5 Å². The van der Waals surface area contributed by atoms with E-state index in [1.807, 2.05) is 18.2 Å². The van der Waals surface area contributed by atoms with Crippen molar-refractivity contribution in [2.24, 2.45) is 4.99 Å². The molecule has 8 heteroatoms. The van der Waals surface area contributed by atoms with Crippen LogP contribution in [0.1, 0.15) is 15.9 Å². The van der Waals surface area contributed by atoms with E-state index in [1.54, 1.807) is 25.4 Å². The van der Waals surface area contributed by atoms with Gasteiger partial charge in [0.05, 0.1) is 5.56 Å². The van der Waals surface area contributed by atoms with E-state index in [0.29, 0.717) is 31.2 Å². The molecule has 3 rings (SSSR count). The summed E-state index contributed by atoms with van der Waals surface area (Å²) in [6.07, 6.45) is 3.17. The summed E-state index contributed by atoms with van der Waals surface area (Å²) < 4.78 is 10.7. The molecule has 1 aromatic carbocycles. The molecule has 2 aromatic rings. The lowest BCUT2D eigenvalue weighted by atomic mass is 10.2. The first-order valence-electron chi connectivity index (χ1n) is 8.27. The molecule has 3 N–H and O–H groups in total. The number of aliphatic imine (C=N–C) groups is 1. The summed E-state index contributed by atoms with van der Waals surface area (Å²) in [5, 5.41) is 9.19. The van der Waals surface area contributed by atoms with Crippen LogP contribution in [0, 0.1) is 0 Å². The number of rotatable bonds is 6. The number of aromatic nitrogens is 1. The molecule has 1 aromatic heterocycles. The second-order valence-electron chi connectivity index (χ2n) is 5.54. The average molecular weight is 355 g/mol. The van der Waals surface area contributed by atoms with Gasteiger partial charge in [0.25, 0.3) is 5.91 Å². The van der Waals surface area contributed by atoms with Gasteiger partial charge in [0.1, 0.15) is 0 Å². The van der Waals surface area contributed by atoms with Crippen molar-refractivity contribution in [1.82, 2.24) is 20.9 Å². The third-order valence-electron chi connectivity index (χ3n) is 3.75. The smallest absolute Gasteiger partial charge is 0.252 e. The van der Waals surface area contributed by atoms with Gasteiger partial charge in [-0.25, -0.2) is 0 Å². The summed E-state index contributed by atoms with van der Waals surface area (Å²) in [5.41, 5.74) is 1.60. The van der Waals surface area contributed by atoms with Crippen LogP contribution in [0.3, 0.4) is 0 Å². The van der Waals surface area contributed by atoms with Crippen molar-refractivity contribution < 1.29 is 14.3 Å². The second kappa shape index (κ2) is 8.70. The first-order valence-corrected chi connectivity index (χ1v) is 8.27. The number of hydrogen-bond donors (Lipinski definition) is 3. The molecular formula is C18H21N5O3. The summed E-state index contributed by atoms with van der Waals surface area (Å²) in [6, 6.07) is 9.26. The summed E-state index contributed by atoms with van der Waals surface area (Å²) in [4.78, 5) is 20.0. The highest BCUT2D eigenvalue weighted by Gasteiger charge is 2.13. The van der Waals surface area contributed by atoms with Gasteiger partial charge in [-0.05, 0) is 29.8 Å². The molecule has 0 saturated carbocycles. The lowest BCUT2D eigenvalue weighted by Crippen LogP contribution is -2.41. The van der Waals surface area contributed by atoms with Crippen molar-refractivity contribution in [2.45, 2.75) is 6.54 Å². The lowest BCUT2D eigenvalue weighted by Gasteiger charge is -2.12. The fourth-order valence-electron chi connectivity index (χ4n) is 2.41. The van der Waals surface area contributed by atoms with Crippen LogP contribution in [-0.4, -0.2) is 43.8 Å². The Hall–Kier alpha value is -3.29. The van der Waals surface area contributed by atoms with Gasteiger partial charge in [0.2, 0.25) is 6.79 Å². The minimum absolute atomic E-state index is 0.150. The van der Waals surface area contributed by atoms with Crippen LogP contribution in [0.2, 0.25) is 0 Å². The highest BCUT2D eigenvalue weighted by Crippen LogP contribution is 2.32. The van der Waals surface area contributed by atoms with Crippen molar-refractivity contribution in [3.05, 3.63) is 53.9 Å². The number of hydrogen-bond acceptors (Lipinski definition) is 5.